The zero-order valence-corrected chi connectivity index (χ0v) is 12.7. The van der Waals surface area contributed by atoms with Crippen LogP contribution in [-0.4, -0.2) is 0 Å². The molecule has 3 rings (SSSR count). The van der Waals surface area contributed by atoms with E-state index in [-0.39, 0.29) is 6.04 Å². The molecule has 2 unspecified atom stereocenters. The molecule has 0 amide bonds. The number of hydrogen-bond donors (Lipinski definition) is 2. The van der Waals surface area contributed by atoms with E-state index >= 15 is 0 Å². The van der Waals surface area contributed by atoms with Crippen molar-refractivity contribution in [2.45, 2.75) is 44.6 Å². The second-order valence-corrected chi connectivity index (χ2v) is 6.50. The van der Waals surface area contributed by atoms with Gasteiger partial charge < -0.3 is 0 Å². The molecule has 1 aliphatic carbocycles. The fourth-order valence-electron chi connectivity index (χ4n) is 3.40. The topological polar surface area (TPSA) is 38.0 Å². The Morgan fingerprint density at radius 2 is 2.20 bits per heavy atom. The molecule has 0 bridgehead atoms. The monoisotopic (exact) mass is 286 g/mol. The molecular formula is C17H22N2S. The van der Waals surface area contributed by atoms with Gasteiger partial charge in [0.1, 0.15) is 0 Å². The summed E-state index contributed by atoms with van der Waals surface area (Å²) in [6, 6.07) is 9.16. The summed E-state index contributed by atoms with van der Waals surface area (Å²) in [4.78, 5) is 0. The second kappa shape index (κ2) is 6.08. The summed E-state index contributed by atoms with van der Waals surface area (Å²) in [5.41, 5.74) is 8.80. The molecule has 1 aromatic heterocycles. The predicted octanol–water partition coefficient (Wildman–Crippen LogP) is 4.07. The molecule has 2 atom stereocenters. The van der Waals surface area contributed by atoms with Gasteiger partial charge in [0.15, 0.2) is 0 Å². The summed E-state index contributed by atoms with van der Waals surface area (Å²) in [6.45, 7) is 2.17. The van der Waals surface area contributed by atoms with E-state index < -0.39 is 0 Å². The Hall–Kier alpha value is -1.16. The predicted molar refractivity (Wildman–Crippen MR) is 85.9 cm³/mol. The summed E-state index contributed by atoms with van der Waals surface area (Å²) in [7, 11) is 0. The quantitative estimate of drug-likeness (QED) is 0.657. The van der Waals surface area contributed by atoms with Crippen molar-refractivity contribution in [3.05, 3.63) is 57.3 Å². The van der Waals surface area contributed by atoms with Crippen molar-refractivity contribution in [1.29, 1.82) is 0 Å². The highest BCUT2D eigenvalue weighted by Gasteiger charge is 2.24. The summed E-state index contributed by atoms with van der Waals surface area (Å²) >= 11 is 1.76. The van der Waals surface area contributed by atoms with Crippen molar-refractivity contribution < 1.29 is 0 Å². The van der Waals surface area contributed by atoms with E-state index in [9.17, 15) is 0 Å². The average Bonchev–Trinajstić information content (AvgIpc) is 2.91. The molecule has 1 heterocycles. The molecule has 0 aliphatic heterocycles. The molecule has 0 saturated carbocycles. The van der Waals surface area contributed by atoms with Crippen molar-refractivity contribution in [3.63, 3.8) is 0 Å². The van der Waals surface area contributed by atoms with Gasteiger partial charge >= 0.3 is 0 Å². The molecule has 1 aromatic carbocycles. The van der Waals surface area contributed by atoms with Crippen LogP contribution in [-0.2, 0) is 6.42 Å². The Bertz CT molecular complexity index is 576. The molecule has 3 heteroatoms. The zero-order valence-electron chi connectivity index (χ0n) is 11.9. The summed E-state index contributed by atoms with van der Waals surface area (Å²) in [5, 5.41) is 4.43. The average molecular weight is 286 g/mol. The minimum absolute atomic E-state index is 0.261. The first-order valence-electron chi connectivity index (χ1n) is 7.36. The highest BCUT2D eigenvalue weighted by atomic mass is 32.1. The number of thiophene rings is 1. The maximum atomic E-state index is 5.82. The Balaban J connectivity index is 1.82. The van der Waals surface area contributed by atoms with E-state index in [1.165, 1.54) is 41.5 Å². The summed E-state index contributed by atoms with van der Waals surface area (Å²) in [5.74, 6) is 6.45. The highest BCUT2D eigenvalue weighted by molar-refractivity contribution is 7.08. The molecule has 3 N–H and O–H groups in total. The van der Waals surface area contributed by atoms with Crippen LogP contribution in [0.4, 0.5) is 0 Å². The Morgan fingerprint density at radius 1 is 1.35 bits per heavy atom. The fourth-order valence-corrected chi connectivity index (χ4v) is 4.30. The molecule has 2 nitrogen and oxygen atoms in total. The number of hydrazine groups is 1. The van der Waals surface area contributed by atoms with Gasteiger partial charge in [0.25, 0.3) is 0 Å². The first-order chi connectivity index (χ1) is 9.79. The van der Waals surface area contributed by atoms with E-state index in [0.717, 1.165) is 6.42 Å². The van der Waals surface area contributed by atoms with Crippen LogP contribution in [0.3, 0.4) is 0 Å². The van der Waals surface area contributed by atoms with Gasteiger partial charge in [-0.25, -0.2) is 0 Å². The number of hydrogen-bond acceptors (Lipinski definition) is 3. The fraction of sp³-hybridized carbons (Fsp3) is 0.412. The molecule has 1 aliphatic rings. The largest absolute Gasteiger partial charge is 0.271 e. The van der Waals surface area contributed by atoms with E-state index in [4.69, 9.17) is 5.84 Å². The maximum Gasteiger partial charge on any atom is 0.0476 e. The number of nitrogens with two attached hydrogens (primary N) is 1. The number of rotatable bonds is 4. The van der Waals surface area contributed by atoms with E-state index in [0.29, 0.717) is 5.92 Å². The van der Waals surface area contributed by atoms with E-state index in [2.05, 4.69) is 47.4 Å². The summed E-state index contributed by atoms with van der Waals surface area (Å²) in [6.07, 6.45) is 4.88. The first kappa shape index (κ1) is 13.8. The van der Waals surface area contributed by atoms with Gasteiger partial charge in [-0.15, -0.1) is 0 Å². The third-order valence-electron chi connectivity index (χ3n) is 4.49. The smallest absolute Gasteiger partial charge is 0.0476 e. The van der Waals surface area contributed by atoms with Crippen molar-refractivity contribution >= 4 is 11.3 Å². The van der Waals surface area contributed by atoms with Crippen molar-refractivity contribution in [3.8, 4) is 0 Å². The van der Waals surface area contributed by atoms with Crippen LogP contribution in [0.1, 0.15) is 53.5 Å². The van der Waals surface area contributed by atoms with Crippen LogP contribution in [0.2, 0.25) is 0 Å². The van der Waals surface area contributed by atoms with Crippen LogP contribution in [0.5, 0.6) is 0 Å². The van der Waals surface area contributed by atoms with Crippen LogP contribution >= 0.6 is 11.3 Å². The lowest BCUT2D eigenvalue weighted by molar-refractivity contribution is 0.425. The molecule has 2 aromatic rings. The zero-order chi connectivity index (χ0) is 13.9. The molecular weight excluding hydrogens is 264 g/mol. The SMILES string of the molecule is Cc1cscc1C(CC1CCCc2ccccc21)NN. The standard InChI is InChI=1S/C17H22N2S/c1-12-10-20-11-16(12)17(19-18)9-14-7-4-6-13-5-2-3-8-15(13)14/h2-3,5,8,10-11,14,17,19H,4,6-7,9,18H2,1H3. The second-order valence-electron chi connectivity index (χ2n) is 5.75. The van der Waals surface area contributed by atoms with Crippen LogP contribution in [0.15, 0.2) is 35.0 Å². The Kier molecular flexibility index (Phi) is 4.20. The minimum Gasteiger partial charge on any atom is -0.271 e. The van der Waals surface area contributed by atoms with E-state index in [1.807, 2.05) is 0 Å². The van der Waals surface area contributed by atoms with Crippen LogP contribution < -0.4 is 11.3 Å². The van der Waals surface area contributed by atoms with Gasteiger partial charge in [-0.1, -0.05) is 24.3 Å². The highest BCUT2D eigenvalue weighted by Crippen LogP contribution is 2.38. The van der Waals surface area contributed by atoms with Gasteiger partial charge in [-0.2, -0.15) is 11.3 Å². The number of aryl methyl sites for hydroxylation is 2. The summed E-state index contributed by atoms with van der Waals surface area (Å²) < 4.78 is 0. The normalized spacial score (nSPS) is 19.6. The number of benzene rings is 1. The molecule has 0 spiro atoms. The lowest BCUT2D eigenvalue weighted by Crippen LogP contribution is -2.30. The van der Waals surface area contributed by atoms with Crippen LogP contribution in [0.25, 0.3) is 0 Å². The van der Waals surface area contributed by atoms with Crippen molar-refractivity contribution in [1.82, 2.24) is 5.43 Å². The molecule has 0 saturated heterocycles. The minimum atomic E-state index is 0.261. The van der Waals surface area contributed by atoms with Gasteiger partial charge in [0.05, 0.1) is 0 Å². The van der Waals surface area contributed by atoms with Crippen molar-refractivity contribution in [2.24, 2.45) is 5.84 Å². The number of nitrogens with one attached hydrogen (secondary N) is 1. The Morgan fingerprint density at radius 3 is 2.95 bits per heavy atom. The lowest BCUT2D eigenvalue weighted by atomic mass is 9.79. The number of fused-ring (bicyclic) bond motifs is 1. The van der Waals surface area contributed by atoms with Crippen LogP contribution in [0, 0.1) is 6.92 Å². The molecule has 106 valence electrons. The van der Waals surface area contributed by atoms with Crippen molar-refractivity contribution in [2.75, 3.05) is 0 Å². The van der Waals surface area contributed by atoms with Gasteiger partial charge in [-0.05, 0) is 71.5 Å². The molecule has 20 heavy (non-hydrogen) atoms. The van der Waals surface area contributed by atoms with Gasteiger partial charge in [0, 0.05) is 6.04 Å². The maximum absolute atomic E-state index is 5.82. The third-order valence-corrected chi connectivity index (χ3v) is 5.37. The molecule has 0 radical (unpaired) electrons. The third kappa shape index (κ3) is 2.66. The van der Waals surface area contributed by atoms with E-state index in [1.54, 1.807) is 11.3 Å². The Labute approximate surface area is 125 Å². The first-order valence-corrected chi connectivity index (χ1v) is 8.30. The van der Waals surface area contributed by atoms with Gasteiger partial charge in [0.2, 0.25) is 0 Å². The lowest BCUT2D eigenvalue weighted by Gasteiger charge is -2.29. The molecule has 0 fully saturated rings. The van der Waals surface area contributed by atoms with Gasteiger partial charge in [-0.3, -0.25) is 11.3 Å².